The van der Waals surface area contributed by atoms with Crippen molar-refractivity contribution in [1.29, 1.82) is 0 Å². The van der Waals surface area contributed by atoms with E-state index in [0.29, 0.717) is 16.7 Å². The zero-order valence-electron chi connectivity index (χ0n) is 16.9. The lowest BCUT2D eigenvalue weighted by molar-refractivity contribution is 0.0697. The Morgan fingerprint density at radius 3 is 2.10 bits per heavy atom. The van der Waals surface area contributed by atoms with Crippen LogP contribution >= 0.6 is 0 Å². The van der Waals surface area contributed by atoms with Crippen molar-refractivity contribution in [2.75, 3.05) is 0 Å². The molecule has 0 bridgehead atoms. The van der Waals surface area contributed by atoms with Gasteiger partial charge < -0.3 is 5.11 Å². The number of ketones is 1. The minimum Gasteiger partial charge on any atom is -0.478 e. The van der Waals surface area contributed by atoms with Crippen LogP contribution in [-0.2, 0) is 5.41 Å². The predicted octanol–water partition coefficient (Wildman–Crippen LogP) is 6.39. The summed E-state index contributed by atoms with van der Waals surface area (Å²) in [5, 5.41) is 9.79. The molecule has 3 heteroatoms. The van der Waals surface area contributed by atoms with E-state index in [1.54, 1.807) is 12.1 Å². The number of hydrogen-bond donors (Lipinski definition) is 1. The average Bonchev–Trinajstić information content (AvgIpc) is 2.72. The average molecular weight is 384 g/mol. The monoisotopic (exact) mass is 384 g/mol. The van der Waals surface area contributed by atoms with Gasteiger partial charge in [-0.3, -0.25) is 4.79 Å². The van der Waals surface area contributed by atoms with Crippen LogP contribution in [0.1, 0.15) is 47.1 Å². The van der Waals surface area contributed by atoms with Crippen molar-refractivity contribution in [3.63, 3.8) is 0 Å². The second kappa shape index (κ2) is 7.88. The molecule has 3 nitrogen and oxygen atoms in total. The fourth-order valence-corrected chi connectivity index (χ4v) is 3.42. The lowest BCUT2D eigenvalue weighted by atomic mass is 9.82. The molecule has 0 radical (unpaired) electrons. The summed E-state index contributed by atoms with van der Waals surface area (Å²) in [7, 11) is 0. The molecular weight excluding hydrogens is 360 g/mol. The number of rotatable bonds is 5. The minimum absolute atomic E-state index is 0.161. The number of benzene rings is 3. The molecule has 146 valence electrons. The van der Waals surface area contributed by atoms with Crippen LogP contribution in [0.2, 0.25) is 0 Å². The topological polar surface area (TPSA) is 54.4 Å². The number of carboxylic acids is 1. The fraction of sp³-hybridized carbons (Fsp3) is 0.154. The number of hydrogen-bond acceptors (Lipinski definition) is 2. The summed E-state index contributed by atoms with van der Waals surface area (Å²) in [6, 6.07) is 20.5. The standard InChI is InChI=1S/C26H24O3/c1-5-23(27)24-19(17-10-7-6-8-11-17)12-9-13-20(24)22-16-18(26(2,3)4)14-15-21(22)25(28)29/h5-16H,1H2,2-4H3,(H,28,29). The van der Waals surface area contributed by atoms with E-state index in [9.17, 15) is 14.7 Å². The highest BCUT2D eigenvalue weighted by atomic mass is 16.4. The van der Waals surface area contributed by atoms with E-state index in [1.165, 1.54) is 6.08 Å². The van der Waals surface area contributed by atoms with Gasteiger partial charge in [0.05, 0.1) is 5.56 Å². The quantitative estimate of drug-likeness (QED) is 0.410. The summed E-state index contributed by atoms with van der Waals surface area (Å²) < 4.78 is 0. The Hall–Kier alpha value is -3.46. The molecule has 0 aromatic heterocycles. The van der Waals surface area contributed by atoms with Gasteiger partial charge in [0, 0.05) is 5.56 Å². The van der Waals surface area contributed by atoms with Gasteiger partial charge in [0.15, 0.2) is 5.78 Å². The Morgan fingerprint density at radius 1 is 0.862 bits per heavy atom. The van der Waals surface area contributed by atoms with Crippen molar-refractivity contribution in [2.24, 2.45) is 0 Å². The third-order valence-electron chi connectivity index (χ3n) is 4.99. The Bertz CT molecular complexity index is 1090. The van der Waals surface area contributed by atoms with Gasteiger partial charge in [-0.05, 0) is 51.4 Å². The van der Waals surface area contributed by atoms with Crippen LogP contribution in [0.15, 0.2) is 79.4 Å². The van der Waals surface area contributed by atoms with E-state index >= 15 is 0 Å². The molecule has 0 atom stereocenters. The fourth-order valence-electron chi connectivity index (χ4n) is 3.42. The highest BCUT2D eigenvalue weighted by Crippen LogP contribution is 2.37. The maximum Gasteiger partial charge on any atom is 0.336 e. The summed E-state index contributed by atoms with van der Waals surface area (Å²) in [5.41, 5.74) is 4.25. The van der Waals surface area contributed by atoms with Gasteiger partial charge in [0.25, 0.3) is 0 Å². The summed E-state index contributed by atoms with van der Waals surface area (Å²) in [5.74, 6) is -1.26. The van der Waals surface area contributed by atoms with Crippen LogP contribution in [0.4, 0.5) is 0 Å². The van der Waals surface area contributed by atoms with Crippen molar-refractivity contribution in [3.8, 4) is 22.3 Å². The maximum atomic E-state index is 12.9. The van der Waals surface area contributed by atoms with Gasteiger partial charge in [0.1, 0.15) is 0 Å². The molecule has 3 aromatic rings. The number of carbonyl (C=O) groups is 2. The first kappa shape index (κ1) is 20.3. The molecule has 0 amide bonds. The number of carboxylic acid groups (broad SMARTS) is 1. The Balaban J connectivity index is 2.39. The van der Waals surface area contributed by atoms with Gasteiger partial charge >= 0.3 is 5.97 Å². The molecular formula is C26H24O3. The molecule has 3 aromatic carbocycles. The van der Waals surface area contributed by atoms with E-state index in [4.69, 9.17) is 0 Å². The number of carbonyl (C=O) groups excluding carboxylic acids is 1. The van der Waals surface area contributed by atoms with Crippen LogP contribution in [0.25, 0.3) is 22.3 Å². The molecule has 1 N–H and O–H groups in total. The van der Waals surface area contributed by atoms with Gasteiger partial charge in [-0.1, -0.05) is 81.9 Å². The smallest absolute Gasteiger partial charge is 0.336 e. The molecule has 0 unspecified atom stereocenters. The largest absolute Gasteiger partial charge is 0.478 e. The van der Waals surface area contributed by atoms with Gasteiger partial charge in [0.2, 0.25) is 0 Å². The van der Waals surface area contributed by atoms with Crippen molar-refractivity contribution in [1.82, 2.24) is 0 Å². The van der Waals surface area contributed by atoms with Gasteiger partial charge in [-0.2, -0.15) is 0 Å². The predicted molar refractivity (Wildman–Crippen MR) is 118 cm³/mol. The summed E-state index contributed by atoms with van der Waals surface area (Å²) in [6.07, 6.45) is 1.28. The van der Waals surface area contributed by atoms with Crippen LogP contribution in [0, 0.1) is 0 Å². The second-order valence-electron chi connectivity index (χ2n) is 7.98. The first-order valence-corrected chi connectivity index (χ1v) is 9.47. The van der Waals surface area contributed by atoms with E-state index < -0.39 is 5.97 Å². The van der Waals surface area contributed by atoms with E-state index in [0.717, 1.165) is 16.7 Å². The lowest BCUT2D eigenvalue weighted by Crippen LogP contribution is -2.13. The molecule has 0 aliphatic rings. The molecule has 0 fully saturated rings. The molecule has 0 saturated heterocycles. The minimum atomic E-state index is -1.03. The van der Waals surface area contributed by atoms with Crippen LogP contribution < -0.4 is 0 Å². The van der Waals surface area contributed by atoms with Crippen LogP contribution in [-0.4, -0.2) is 16.9 Å². The van der Waals surface area contributed by atoms with E-state index in [1.807, 2.05) is 54.6 Å². The maximum absolute atomic E-state index is 12.9. The first-order valence-electron chi connectivity index (χ1n) is 9.47. The Kier molecular flexibility index (Phi) is 5.51. The van der Waals surface area contributed by atoms with Crippen LogP contribution in [0.5, 0.6) is 0 Å². The van der Waals surface area contributed by atoms with Gasteiger partial charge in [-0.15, -0.1) is 0 Å². The Labute approximate surface area is 171 Å². The molecule has 0 saturated carbocycles. The SMILES string of the molecule is C=CC(=O)c1c(-c2ccccc2)cccc1-c1cc(C(C)(C)C)ccc1C(=O)O. The summed E-state index contributed by atoms with van der Waals surface area (Å²) >= 11 is 0. The molecule has 3 rings (SSSR count). The van der Waals surface area contributed by atoms with Crippen LogP contribution in [0.3, 0.4) is 0 Å². The van der Waals surface area contributed by atoms with Crippen molar-refractivity contribution in [2.45, 2.75) is 26.2 Å². The Morgan fingerprint density at radius 2 is 1.52 bits per heavy atom. The normalized spacial score (nSPS) is 11.1. The van der Waals surface area contributed by atoms with Crippen molar-refractivity contribution < 1.29 is 14.7 Å². The van der Waals surface area contributed by atoms with Crippen molar-refractivity contribution >= 4 is 11.8 Å². The third-order valence-corrected chi connectivity index (χ3v) is 4.99. The summed E-state index contributed by atoms with van der Waals surface area (Å²) in [6.45, 7) is 9.87. The van der Waals surface area contributed by atoms with E-state index in [2.05, 4.69) is 27.4 Å². The first-order chi connectivity index (χ1) is 13.7. The summed E-state index contributed by atoms with van der Waals surface area (Å²) in [4.78, 5) is 24.9. The highest BCUT2D eigenvalue weighted by molar-refractivity contribution is 6.14. The highest BCUT2D eigenvalue weighted by Gasteiger charge is 2.23. The molecule has 0 aliphatic heterocycles. The van der Waals surface area contributed by atoms with E-state index in [-0.39, 0.29) is 16.8 Å². The third kappa shape index (κ3) is 4.04. The number of allylic oxidation sites excluding steroid dienone is 1. The second-order valence-corrected chi connectivity index (χ2v) is 7.98. The molecule has 29 heavy (non-hydrogen) atoms. The van der Waals surface area contributed by atoms with Gasteiger partial charge in [-0.25, -0.2) is 4.79 Å². The lowest BCUT2D eigenvalue weighted by Gasteiger charge is -2.22. The molecule has 0 aliphatic carbocycles. The molecule has 0 heterocycles. The number of aromatic carboxylic acids is 1. The zero-order valence-corrected chi connectivity index (χ0v) is 16.9. The molecule has 0 spiro atoms. The zero-order chi connectivity index (χ0) is 21.2. The van der Waals surface area contributed by atoms with Crippen molar-refractivity contribution in [3.05, 3.63) is 96.1 Å².